The first-order valence-corrected chi connectivity index (χ1v) is 5.95. The van der Waals surface area contributed by atoms with Gasteiger partial charge in [0, 0.05) is 0 Å². The zero-order valence-corrected chi connectivity index (χ0v) is 10.6. The largest absolute Gasteiger partial charge is 0.497 e. The SMILES string of the molecule is COc1ccc(C(C)C)c(-c2ccccc2)c1. The van der Waals surface area contributed by atoms with Crippen LogP contribution in [0.15, 0.2) is 48.5 Å². The van der Waals surface area contributed by atoms with Crippen LogP contribution in [0.25, 0.3) is 11.1 Å². The van der Waals surface area contributed by atoms with Gasteiger partial charge < -0.3 is 4.74 Å². The molecule has 2 rings (SSSR count). The summed E-state index contributed by atoms with van der Waals surface area (Å²) in [7, 11) is 1.71. The first-order valence-electron chi connectivity index (χ1n) is 5.95. The fraction of sp³-hybridized carbons (Fsp3) is 0.250. The van der Waals surface area contributed by atoms with Crippen molar-refractivity contribution in [3.63, 3.8) is 0 Å². The number of rotatable bonds is 3. The molecule has 0 N–H and O–H groups in total. The molecule has 0 heterocycles. The van der Waals surface area contributed by atoms with Gasteiger partial charge in [-0.3, -0.25) is 0 Å². The fourth-order valence-electron chi connectivity index (χ4n) is 2.03. The number of hydrogen-bond donors (Lipinski definition) is 0. The first-order chi connectivity index (χ1) is 8.22. The maximum Gasteiger partial charge on any atom is 0.119 e. The minimum atomic E-state index is 0.510. The van der Waals surface area contributed by atoms with Crippen LogP contribution in [0.4, 0.5) is 0 Å². The van der Waals surface area contributed by atoms with Crippen molar-refractivity contribution < 1.29 is 4.74 Å². The van der Waals surface area contributed by atoms with E-state index in [2.05, 4.69) is 50.2 Å². The molecule has 2 aromatic rings. The van der Waals surface area contributed by atoms with E-state index in [4.69, 9.17) is 4.74 Å². The predicted octanol–water partition coefficient (Wildman–Crippen LogP) is 4.49. The van der Waals surface area contributed by atoms with Crippen molar-refractivity contribution >= 4 is 0 Å². The van der Waals surface area contributed by atoms with E-state index in [1.165, 1.54) is 16.7 Å². The Balaban J connectivity index is 2.57. The number of benzene rings is 2. The Hall–Kier alpha value is -1.76. The predicted molar refractivity (Wildman–Crippen MR) is 72.5 cm³/mol. The van der Waals surface area contributed by atoms with Gasteiger partial charge in [-0.2, -0.15) is 0 Å². The third-order valence-electron chi connectivity index (χ3n) is 2.97. The fourth-order valence-corrected chi connectivity index (χ4v) is 2.03. The number of hydrogen-bond acceptors (Lipinski definition) is 1. The van der Waals surface area contributed by atoms with E-state index in [1.54, 1.807) is 7.11 Å². The molecule has 0 bridgehead atoms. The molecule has 0 spiro atoms. The van der Waals surface area contributed by atoms with Crippen LogP contribution in [0.5, 0.6) is 5.75 Å². The number of ether oxygens (including phenoxy) is 1. The first kappa shape index (κ1) is 11.7. The average Bonchev–Trinajstić information content (AvgIpc) is 2.39. The average molecular weight is 226 g/mol. The normalized spacial score (nSPS) is 10.6. The molecule has 0 aliphatic carbocycles. The van der Waals surface area contributed by atoms with Crippen LogP contribution in [-0.4, -0.2) is 7.11 Å². The Kier molecular flexibility index (Phi) is 3.48. The third-order valence-corrected chi connectivity index (χ3v) is 2.97. The second-order valence-electron chi connectivity index (χ2n) is 4.47. The lowest BCUT2D eigenvalue weighted by Crippen LogP contribution is -1.93. The van der Waals surface area contributed by atoms with Gasteiger partial charge in [0.15, 0.2) is 0 Å². The van der Waals surface area contributed by atoms with Gasteiger partial charge in [-0.25, -0.2) is 0 Å². The monoisotopic (exact) mass is 226 g/mol. The Morgan fingerprint density at radius 1 is 0.941 bits per heavy atom. The highest BCUT2D eigenvalue weighted by molar-refractivity contribution is 5.69. The molecule has 0 atom stereocenters. The Labute approximate surface area is 103 Å². The summed E-state index contributed by atoms with van der Waals surface area (Å²) < 4.78 is 5.31. The van der Waals surface area contributed by atoms with Crippen LogP contribution in [0.1, 0.15) is 25.3 Å². The zero-order valence-electron chi connectivity index (χ0n) is 10.6. The minimum Gasteiger partial charge on any atom is -0.497 e. The van der Waals surface area contributed by atoms with Crippen molar-refractivity contribution in [3.05, 3.63) is 54.1 Å². The Bertz CT molecular complexity index is 486. The lowest BCUT2D eigenvalue weighted by Gasteiger charge is -2.14. The lowest BCUT2D eigenvalue weighted by atomic mass is 9.92. The highest BCUT2D eigenvalue weighted by Crippen LogP contribution is 2.32. The van der Waals surface area contributed by atoms with Crippen LogP contribution in [0.3, 0.4) is 0 Å². The highest BCUT2D eigenvalue weighted by atomic mass is 16.5. The van der Waals surface area contributed by atoms with Gasteiger partial charge in [0.25, 0.3) is 0 Å². The minimum absolute atomic E-state index is 0.510. The molecule has 0 saturated heterocycles. The molecule has 0 fully saturated rings. The topological polar surface area (TPSA) is 9.23 Å². The molecule has 17 heavy (non-hydrogen) atoms. The summed E-state index contributed by atoms with van der Waals surface area (Å²) in [5, 5.41) is 0. The molecule has 1 nitrogen and oxygen atoms in total. The zero-order chi connectivity index (χ0) is 12.3. The third kappa shape index (κ3) is 2.50. The molecule has 0 amide bonds. The van der Waals surface area contributed by atoms with E-state index in [0.717, 1.165) is 5.75 Å². The van der Waals surface area contributed by atoms with Crippen LogP contribution in [0.2, 0.25) is 0 Å². The van der Waals surface area contributed by atoms with Gasteiger partial charge in [-0.05, 0) is 34.7 Å². The van der Waals surface area contributed by atoms with Crippen LogP contribution in [0, 0.1) is 0 Å². The van der Waals surface area contributed by atoms with E-state index in [0.29, 0.717) is 5.92 Å². The van der Waals surface area contributed by atoms with E-state index < -0.39 is 0 Å². The van der Waals surface area contributed by atoms with Crippen LogP contribution >= 0.6 is 0 Å². The summed E-state index contributed by atoms with van der Waals surface area (Å²) in [4.78, 5) is 0. The van der Waals surface area contributed by atoms with Crippen LogP contribution < -0.4 is 4.74 Å². The quantitative estimate of drug-likeness (QED) is 0.749. The molecule has 0 aliphatic heterocycles. The molecule has 2 aromatic carbocycles. The smallest absolute Gasteiger partial charge is 0.119 e. The molecule has 0 saturated carbocycles. The summed E-state index contributed by atoms with van der Waals surface area (Å²) in [5.74, 6) is 1.42. The van der Waals surface area contributed by atoms with Crippen molar-refractivity contribution in [3.8, 4) is 16.9 Å². The molecule has 0 unspecified atom stereocenters. The second-order valence-corrected chi connectivity index (χ2v) is 4.47. The summed E-state index contributed by atoms with van der Waals surface area (Å²) in [6.45, 7) is 4.43. The van der Waals surface area contributed by atoms with Gasteiger partial charge in [0.1, 0.15) is 5.75 Å². The van der Waals surface area contributed by atoms with Crippen molar-refractivity contribution in [2.24, 2.45) is 0 Å². The van der Waals surface area contributed by atoms with E-state index in [1.807, 2.05) is 12.1 Å². The van der Waals surface area contributed by atoms with Gasteiger partial charge in [0.2, 0.25) is 0 Å². The van der Waals surface area contributed by atoms with Gasteiger partial charge in [-0.15, -0.1) is 0 Å². The summed E-state index contributed by atoms with van der Waals surface area (Å²) in [6, 6.07) is 16.8. The number of methoxy groups -OCH3 is 1. The maximum absolute atomic E-state index is 5.31. The molecule has 0 aliphatic rings. The van der Waals surface area contributed by atoms with Crippen molar-refractivity contribution in [2.45, 2.75) is 19.8 Å². The Morgan fingerprint density at radius 3 is 2.24 bits per heavy atom. The lowest BCUT2D eigenvalue weighted by molar-refractivity contribution is 0.415. The van der Waals surface area contributed by atoms with Crippen molar-refractivity contribution in [1.82, 2.24) is 0 Å². The standard InChI is InChI=1S/C16H18O/c1-12(2)15-10-9-14(17-3)11-16(15)13-7-5-4-6-8-13/h4-12H,1-3H3. The summed E-state index contributed by atoms with van der Waals surface area (Å²) in [5.41, 5.74) is 3.87. The summed E-state index contributed by atoms with van der Waals surface area (Å²) in [6.07, 6.45) is 0. The molecular weight excluding hydrogens is 208 g/mol. The summed E-state index contributed by atoms with van der Waals surface area (Å²) >= 11 is 0. The molecular formula is C16H18O. The molecule has 88 valence electrons. The second kappa shape index (κ2) is 5.05. The van der Waals surface area contributed by atoms with E-state index in [9.17, 15) is 0 Å². The van der Waals surface area contributed by atoms with E-state index >= 15 is 0 Å². The molecule has 0 radical (unpaired) electrons. The van der Waals surface area contributed by atoms with Gasteiger partial charge >= 0.3 is 0 Å². The van der Waals surface area contributed by atoms with Crippen molar-refractivity contribution in [1.29, 1.82) is 0 Å². The van der Waals surface area contributed by atoms with Crippen LogP contribution in [-0.2, 0) is 0 Å². The van der Waals surface area contributed by atoms with Crippen molar-refractivity contribution in [2.75, 3.05) is 7.11 Å². The maximum atomic E-state index is 5.31. The highest BCUT2D eigenvalue weighted by Gasteiger charge is 2.09. The Morgan fingerprint density at radius 2 is 1.65 bits per heavy atom. The molecule has 0 aromatic heterocycles. The molecule has 1 heteroatoms. The van der Waals surface area contributed by atoms with Gasteiger partial charge in [0.05, 0.1) is 7.11 Å². The van der Waals surface area contributed by atoms with Gasteiger partial charge in [-0.1, -0.05) is 50.2 Å². The van der Waals surface area contributed by atoms with E-state index in [-0.39, 0.29) is 0 Å².